The van der Waals surface area contributed by atoms with Crippen molar-refractivity contribution in [2.75, 3.05) is 5.32 Å². The molecular formula is C11H9N3O3S. The predicted octanol–water partition coefficient (Wildman–Crippen LogP) is 1.86. The van der Waals surface area contributed by atoms with Gasteiger partial charge in [0.15, 0.2) is 0 Å². The second kappa shape index (κ2) is 4.92. The number of hydrogen-bond acceptors (Lipinski definition) is 5. The van der Waals surface area contributed by atoms with Crippen molar-refractivity contribution in [2.24, 2.45) is 0 Å². The van der Waals surface area contributed by atoms with Gasteiger partial charge in [-0.2, -0.15) is 0 Å². The Bertz CT molecular complexity index is 592. The highest BCUT2D eigenvalue weighted by Gasteiger charge is 2.08. The summed E-state index contributed by atoms with van der Waals surface area (Å²) in [5, 5.41) is 20.1. The highest BCUT2D eigenvalue weighted by atomic mass is 32.1. The SMILES string of the molecule is CC(=O)Nc1nnc(-c2ccc(C(=O)O)cc2)s1. The minimum Gasteiger partial charge on any atom is -0.478 e. The van der Waals surface area contributed by atoms with E-state index >= 15 is 0 Å². The number of aromatic carboxylic acids is 1. The summed E-state index contributed by atoms with van der Waals surface area (Å²) in [6.45, 7) is 1.39. The van der Waals surface area contributed by atoms with Crippen molar-refractivity contribution in [3.8, 4) is 10.6 Å². The highest BCUT2D eigenvalue weighted by Crippen LogP contribution is 2.26. The van der Waals surface area contributed by atoms with E-state index in [0.29, 0.717) is 10.1 Å². The average molecular weight is 263 g/mol. The summed E-state index contributed by atoms with van der Waals surface area (Å²) in [6, 6.07) is 6.30. The van der Waals surface area contributed by atoms with Crippen molar-refractivity contribution in [1.82, 2.24) is 10.2 Å². The minimum absolute atomic E-state index is 0.209. The molecule has 1 amide bonds. The van der Waals surface area contributed by atoms with Crippen LogP contribution in [0.3, 0.4) is 0 Å². The van der Waals surface area contributed by atoms with Crippen LogP contribution in [-0.4, -0.2) is 27.2 Å². The van der Waals surface area contributed by atoms with E-state index in [4.69, 9.17) is 5.11 Å². The number of carbonyl (C=O) groups is 2. The van der Waals surface area contributed by atoms with Crippen LogP contribution >= 0.6 is 11.3 Å². The molecule has 0 fully saturated rings. The number of nitrogens with one attached hydrogen (secondary N) is 1. The van der Waals surface area contributed by atoms with Crippen LogP contribution < -0.4 is 5.32 Å². The molecule has 1 aromatic heterocycles. The van der Waals surface area contributed by atoms with Crippen LogP contribution in [0.4, 0.5) is 5.13 Å². The number of amides is 1. The van der Waals surface area contributed by atoms with E-state index in [0.717, 1.165) is 5.56 Å². The zero-order valence-corrected chi connectivity index (χ0v) is 10.2. The Hall–Kier alpha value is -2.28. The van der Waals surface area contributed by atoms with E-state index in [1.165, 1.54) is 30.4 Å². The van der Waals surface area contributed by atoms with Crippen LogP contribution in [0, 0.1) is 0 Å². The molecule has 0 bridgehead atoms. The van der Waals surface area contributed by atoms with Gasteiger partial charge in [-0.3, -0.25) is 4.79 Å². The van der Waals surface area contributed by atoms with Gasteiger partial charge in [-0.1, -0.05) is 23.5 Å². The number of nitrogens with zero attached hydrogens (tertiary/aromatic N) is 2. The standard InChI is InChI=1S/C11H9N3O3S/c1-6(15)12-11-14-13-9(18-11)7-2-4-8(5-3-7)10(16)17/h2-5H,1H3,(H,16,17)(H,12,14,15). The maximum atomic E-state index is 10.8. The van der Waals surface area contributed by atoms with Crippen LogP contribution in [0.25, 0.3) is 10.6 Å². The van der Waals surface area contributed by atoms with E-state index in [2.05, 4.69) is 15.5 Å². The molecular weight excluding hydrogens is 254 g/mol. The smallest absolute Gasteiger partial charge is 0.335 e. The maximum absolute atomic E-state index is 10.8. The number of benzene rings is 1. The van der Waals surface area contributed by atoms with E-state index in [1.807, 2.05) is 0 Å². The van der Waals surface area contributed by atoms with Crippen LogP contribution in [-0.2, 0) is 4.79 Å². The lowest BCUT2D eigenvalue weighted by Crippen LogP contribution is -2.04. The molecule has 18 heavy (non-hydrogen) atoms. The molecule has 0 saturated heterocycles. The van der Waals surface area contributed by atoms with Crippen LogP contribution in [0.2, 0.25) is 0 Å². The van der Waals surface area contributed by atoms with E-state index in [-0.39, 0.29) is 11.5 Å². The average Bonchev–Trinajstić information content (AvgIpc) is 2.76. The molecule has 0 aliphatic rings. The molecule has 0 unspecified atom stereocenters. The summed E-state index contributed by atoms with van der Waals surface area (Å²) in [6.07, 6.45) is 0. The van der Waals surface area contributed by atoms with Gasteiger partial charge in [0.25, 0.3) is 0 Å². The van der Waals surface area contributed by atoms with Crippen molar-refractivity contribution >= 4 is 28.3 Å². The summed E-state index contributed by atoms with van der Waals surface area (Å²) in [5.74, 6) is -1.18. The Morgan fingerprint density at radius 3 is 2.44 bits per heavy atom. The second-order valence-corrected chi connectivity index (χ2v) is 4.45. The molecule has 0 aliphatic carbocycles. The van der Waals surface area contributed by atoms with Crippen molar-refractivity contribution in [1.29, 1.82) is 0 Å². The molecule has 2 N–H and O–H groups in total. The molecule has 0 radical (unpaired) electrons. The van der Waals surface area contributed by atoms with Crippen LogP contribution in [0.5, 0.6) is 0 Å². The first-order chi connectivity index (χ1) is 8.56. The van der Waals surface area contributed by atoms with Gasteiger partial charge in [0.1, 0.15) is 5.01 Å². The summed E-state index contributed by atoms with van der Waals surface area (Å²) in [4.78, 5) is 21.5. The fraction of sp³-hybridized carbons (Fsp3) is 0.0909. The maximum Gasteiger partial charge on any atom is 0.335 e. The second-order valence-electron chi connectivity index (χ2n) is 3.48. The number of hydrogen-bond donors (Lipinski definition) is 2. The molecule has 2 rings (SSSR count). The molecule has 0 aliphatic heterocycles. The van der Waals surface area contributed by atoms with Gasteiger partial charge < -0.3 is 10.4 Å². The third-order valence-electron chi connectivity index (χ3n) is 2.09. The summed E-state index contributed by atoms with van der Waals surface area (Å²) in [7, 11) is 0. The number of rotatable bonds is 3. The first-order valence-corrected chi connectivity index (χ1v) is 5.83. The lowest BCUT2D eigenvalue weighted by molar-refractivity contribution is -0.114. The number of carboxylic acid groups (broad SMARTS) is 1. The largest absolute Gasteiger partial charge is 0.478 e. The Morgan fingerprint density at radius 2 is 1.89 bits per heavy atom. The van der Waals surface area contributed by atoms with E-state index < -0.39 is 5.97 Å². The van der Waals surface area contributed by atoms with Gasteiger partial charge in [-0.15, -0.1) is 10.2 Å². The quantitative estimate of drug-likeness (QED) is 0.881. The molecule has 92 valence electrons. The number of carboxylic acids is 1. The number of carbonyl (C=O) groups excluding carboxylic acids is 1. The fourth-order valence-electron chi connectivity index (χ4n) is 1.30. The first kappa shape index (κ1) is 12.2. The molecule has 2 aromatic rings. The first-order valence-electron chi connectivity index (χ1n) is 5.01. The highest BCUT2D eigenvalue weighted by molar-refractivity contribution is 7.18. The van der Waals surface area contributed by atoms with Gasteiger partial charge in [0.05, 0.1) is 5.56 Å². The van der Waals surface area contributed by atoms with E-state index in [1.54, 1.807) is 12.1 Å². The molecule has 0 atom stereocenters. The Balaban J connectivity index is 2.23. The zero-order chi connectivity index (χ0) is 13.1. The molecule has 0 spiro atoms. The number of aromatic nitrogens is 2. The van der Waals surface area contributed by atoms with Crippen molar-refractivity contribution in [2.45, 2.75) is 6.92 Å². The minimum atomic E-state index is -0.974. The van der Waals surface area contributed by atoms with Gasteiger partial charge in [0, 0.05) is 12.5 Å². The van der Waals surface area contributed by atoms with Gasteiger partial charge in [-0.25, -0.2) is 4.79 Å². The molecule has 1 heterocycles. The summed E-state index contributed by atoms with van der Waals surface area (Å²) < 4.78 is 0. The fourth-order valence-corrected chi connectivity index (χ4v) is 2.09. The summed E-state index contributed by atoms with van der Waals surface area (Å²) >= 11 is 1.23. The Labute approximate surface area is 106 Å². The molecule has 1 aromatic carbocycles. The third-order valence-corrected chi connectivity index (χ3v) is 2.97. The van der Waals surface area contributed by atoms with Crippen molar-refractivity contribution in [3.63, 3.8) is 0 Å². The summed E-state index contributed by atoms with van der Waals surface area (Å²) in [5.41, 5.74) is 0.972. The zero-order valence-electron chi connectivity index (χ0n) is 9.38. The normalized spacial score (nSPS) is 10.1. The monoisotopic (exact) mass is 263 g/mol. The predicted molar refractivity (Wildman–Crippen MR) is 66.6 cm³/mol. The van der Waals surface area contributed by atoms with Gasteiger partial charge in [0.2, 0.25) is 11.0 Å². The van der Waals surface area contributed by atoms with Crippen LogP contribution in [0.15, 0.2) is 24.3 Å². The lowest BCUT2D eigenvalue weighted by Gasteiger charge is -1.96. The third kappa shape index (κ3) is 2.69. The topological polar surface area (TPSA) is 92.2 Å². The van der Waals surface area contributed by atoms with Gasteiger partial charge >= 0.3 is 5.97 Å². The van der Waals surface area contributed by atoms with Crippen LogP contribution in [0.1, 0.15) is 17.3 Å². The van der Waals surface area contributed by atoms with Crippen molar-refractivity contribution in [3.05, 3.63) is 29.8 Å². The van der Waals surface area contributed by atoms with Crippen molar-refractivity contribution < 1.29 is 14.7 Å². The molecule has 0 saturated carbocycles. The Morgan fingerprint density at radius 1 is 1.22 bits per heavy atom. The lowest BCUT2D eigenvalue weighted by atomic mass is 10.1. The van der Waals surface area contributed by atoms with E-state index in [9.17, 15) is 9.59 Å². The van der Waals surface area contributed by atoms with Gasteiger partial charge in [-0.05, 0) is 12.1 Å². The molecule has 7 heteroatoms. The Kier molecular flexibility index (Phi) is 3.33. The number of anilines is 1. The molecule has 6 nitrogen and oxygen atoms in total.